The molecule has 1 heterocycles. The molecule has 0 spiro atoms. The number of benzene rings is 2. The Morgan fingerprint density at radius 1 is 1.16 bits per heavy atom. The van der Waals surface area contributed by atoms with Gasteiger partial charge < -0.3 is 10.6 Å². The van der Waals surface area contributed by atoms with Gasteiger partial charge in [0.1, 0.15) is 5.82 Å². The van der Waals surface area contributed by atoms with Crippen LogP contribution in [0.25, 0.3) is 0 Å². The molecular weight excluding hydrogens is 403 g/mol. The molecule has 4 nitrogen and oxygen atoms in total. The predicted molar refractivity (Wildman–Crippen MR) is 124 cm³/mol. The van der Waals surface area contributed by atoms with E-state index in [1.165, 1.54) is 17.7 Å². The smallest absolute Gasteiger partial charge is 0.254 e. The second-order valence-electron chi connectivity index (χ2n) is 9.49. The zero-order valence-corrected chi connectivity index (χ0v) is 19.0. The fraction of sp³-hybridized carbons (Fsp3) is 0.333. The van der Waals surface area contributed by atoms with Crippen LogP contribution in [-0.2, 0) is 16.0 Å². The number of nitrogens with one attached hydrogen (secondary N) is 2. The van der Waals surface area contributed by atoms with Gasteiger partial charge in [0.15, 0.2) is 5.78 Å². The number of aryl methyl sites for hydroxylation is 1. The highest BCUT2D eigenvalue weighted by Crippen LogP contribution is 2.46. The lowest BCUT2D eigenvalue weighted by Crippen LogP contribution is -2.39. The van der Waals surface area contributed by atoms with E-state index in [0.717, 1.165) is 24.1 Å². The molecule has 166 valence electrons. The Balaban J connectivity index is 1.80. The van der Waals surface area contributed by atoms with Crippen molar-refractivity contribution in [3.8, 4) is 0 Å². The van der Waals surface area contributed by atoms with Crippen molar-refractivity contribution in [2.75, 3.05) is 5.32 Å². The third kappa shape index (κ3) is 4.24. The van der Waals surface area contributed by atoms with Crippen LogP contribution in [-0.4, -0.2) is 11.7 Å². The number of anilines is 1. The number of allylic oxidation sites excluding steroid dienone is 3. The van der Waals surface area contributed by atoms with Gasteiger partial charge in [-0.05, 0) is 54.5 Å². The van der Waals surface area contributed by atoms with E-state index >= 15 is 0 Å². The van der Waals surface area contributed by atoms with Gasteiger partial charge in [0, 0.05) is 40.6 Å². The standard InChI is InChI=1S/C27H29FN2O2/c1-5-17-9-11-18(12-10-17)24-23(26(32)30-20-8-6-7-19(28)13-20)16(2)29-21-14-27(3,4)15-22(31)25(21)24/h6-13,24,29H,5,14-15H2,1-4H3,(H,30,32)/t24-/m1/s1. The van der Waals surface area contributed by atoms with Crippen LogP contribution in [0.3, 0.4) is 0 Å². The van der Waals surface area contributed by atoms with E-state index in [-0.39, 0.29) is 17.1 Å². The number of carbonyl (C=O) groups is 2. The van der Waals surface area contributed by atoms with Gasteiger partial charge in [-0.2, -0.15) is 0 Å². The molecule has 1 amide bonds. The number of amides is 1. The van der Waals surface area contributed by atoms with E-state index < -0.39 is 11.7 Å². The number of hydrogen-bond acceptors (Lipinski definition) is 3. The SMILES string of the molecule is CCc1ccc([C@@H]2C(C(=O)Nc3cccc(F)c3)=C(C)NC3=C2C(=O)CC(C)(C)C3)cc1. The van der Waals surface area contributed by atoms with Crippen LogP contribution in [0, 0.1) is 11.2 Å². The zero-order chi connectivity index (χ0) is 23.0. The zero-order valence-electron chi connectivity index (χ0n) is 19.0. The molecule has 2 N–H and O–H groups in total. The lowest BCUT2D eigenvalue weighted by molar-refractivity contribution is -0.118. The molecule has 0 saturated heterocycles. The monoisotopic (exact) mass is 432 g/mol. The largest absolute Gasteiger partial charge is 0.362 e. The van der Waals surface area contributed by atoms with Crippen LogP contribution in [0.1, 0.15) is 57.6 Å². The first-order valence-electron chi connectivity index (χ1n) is 11.1. The summed E-state index contributed by atoms with van der Waals surface area (Å²) in [4.78, 5) is 26.8. The number of dihydropyridines is 1. The first-order valence-corrected chi connectivity index (χ1v) is 11.1. The molecule has 0 saturated carbocycles. The van der Waals surface area contributed by atoms with E-state index in [2.05, 4.69) is 31.4 Å². The first kappa shape index (κ1) is 22.0. The average Bonchev–Trinajstić information content (AvgIpc) is 2.71. The summed E-state index contributed by atoms with van der Waals surface area (Å²) in [6.07, 6.45) is 2.10. The second-order valence-corrected chi connectivity index (χ2v) is 9.49. The molecule has 0 unspecified atom stereocenters. The van der Waals surface area contributed by atoms with Crippen LogP contribution in [0.2, 0.25) is 0 Å². The van der Waals surface area contributed by atoms with Crippen LogP contribution >= 0.6 is 0 Å². The molecule has 0 fully saturated rings. The molecular formula is C27H29FN2O2. The normalized spacial score (nSPS) is 20.0. The van der Waals surface area contributed by atoms with Crippen molar-refractivity contribution < 1.29 is 14.0 Å². The van der Waals surface area contributed by atoms with Gasteiger partial charge in [0.05, 0.1) is 0 Å². The molecule has 1 atom stereocenters. The van der Waals surface area contributed by atoms with Crippen LogP contribution in [0.4, 0.5) is 10.1 Å². The summed E-state index contributed by atoms with van der Waals surface area (Å²) in [5.41, 5.74) is 5.12. The van der Waals surface area contributed by atoms with E-state index in [0.29, 0.717) is 29.0 Å². The third-order valence-corrected chi connectivity index (χ3v) is 6.29. The fourth-order valence-corrected chi connectivity index (χ4v) is 4.78. The minimum absolute atomic E-state index is 0.0665. The highest BCUT2D eigenvalue weighted by Gasteiger charge is 2.42. The van der Waals surface area contributed by atoms with E-state index in [9.17, 15) is 14.0 Å². The maximum absolute atomic E-state index is 13.7. The molecule has 1 aliphatic carbocycles. The second kappa shape index (κ2) is 8.38. The Hall–Kier alpha value is -3.21. The fourth-order valence-electron chi connectivity index (χ4n) is 4.78. The Kier molecular flexibility index (Phi) is 5.76. The highest BCUT2D eigenvalue weighted by molar-refractivity contribution is 6.09. The van der Waals surface area contributed by atoms with E-state index in [1.807, 2.05) is 31.2 Å². The van der Waals surface area contributed by atoms with Crippen LogP contribution in [0.15, 0.2) is 71.1 Å². The third-order valence-electron chi connectivity index (χ3n) is 6.29. The van der Waals surface area contributed by atoms with Gasteiger partial charge in [-0.3, -0.25) is 9.59 Å². The van der Waals surface area contributed by atoms with E-state index in [4.69, 9.17) is 0 Å². The summed E-state index contributed by atoms with van der Waals surface area (Å²) in [7, 11) is 0. The van der Waals surface area contributed by atoms with Gasteiger partial charge in [0.2, 0.25) is 0 Å². The molecule has 0 aromatic heterocycles. The van der Waals surface area contributed by atoms with Gasteiger partial charge >= 0.3 is 0 Å². The summed E-state index contributed by atoms with van der Waals surface area (Å²) in [6, 6.07) is 13.9. The van der Waals surface area contributed by atoms with Crippen molar-refractivity contribution in [3.63, 3.8) is 0 Å². The van der Waals surface area contributed by atoms with Gasteiger partial charge in [-0.15, -0.1) is 0 Å². The summed E-state index contributed by atoms with van der Waals surface area (Å²) >= 11 is 0. The lowest BCUT2D eigenvalue weighted by atomic mass is 9.68. The van der Waals surface area contributed by atoms with Crippen molar-refractivity contribution >= 4 is 17.4 Å². The Labute approximate surface area is 188 Å². The summed E-state index contributed by atoms with van der Waals surface area (Å²) in [5.74, 6) is -1.16. The molecule has 1 aliphatic heterocycles. The summed E-state index contributed by atoms with van der Waals surface area (Å²) in [5, 5.41) is 6.18. The van der Waals surface area contributed by atoms with Gasteiger partial charge in [-0.25, -0.2) is 4.39 Å². The van der Waals surface area contributed by atoms with Crippen LogP contribution < -0.4 is 10.6 Å². The Bertz CT molecular complexity index is 1140. The molecule has 32 heavy (non-hydrogen) atoms. The number of carbonyl (C=O) groups excluding carboxylic acids is 2. The number of Topliss-reactive ketones (excluding diaryl/α,β-unsaturated/α-hetero) is 1. The number of halogens is 1. The minimum Gasteiger partial charge on any atom is -0.362 e. The summed E-state index contributed by atoms with van der Waals surface area (Å²) in [6.45, 7) is 8.14. The van der Waals surface area contributed by atoms with Crippen molar-refractivity contribution in [1.82, 2.24) is 5.32 Å². The molecule has 2 aromatic rings. The van der Waals surface area contributed by atoms with Gasteiger partial charge in [-0.1, -0.05) is 51.1 Å². The summed E-state index contributed by atoms with van der Waals surface area (Å²) < 4.78 is 13.7. The van der Waals surface area contributed by atoms with Crippen molar-refractivity contribution in [2.24, 2.45) is 5.41 Å². The van der Waals surface area contributed by atoms with Crippen molar-refractivity contribution in [1.29, 1.82) is 0 Å². The van der Waals surface area contributed by atoms with Crippen LogP contribution in [0.5, 0.6) is 0 Å². The first-order chi connectivity index (χ1) is 15.2. The van der Waals surface area contributed by atoms with Crippen molar-refractivity contribution in [3.05, 3.63) is 88.0 Å². The average molecular weight is 433 g/mol. The maximum atomic E-state index is 13.7. The topological polar surface area (TPSA) is 58.2 Å². The highest BCUT2D eigenvalue weighted by atomic mass is 19.1. The van der Waals surface area contributed by atoms with E-state index in [1.54, 1.807) is 12.1 Å². The Morgan fingerprint density at radius 3 is 2.53 bits per heavy atom. The lowest BCUT2D eigenvalue weighted by Gasteiger charge is -2.39. The molecule has 0 radical (unpaired) electrons. The Morgan fingerprint density at radius 2 is 1.88 bits per heavy atom. The quantitative estimate of drug-likeness (QED) is 0.658. The number of rotatable bonds is 4. The predicted octanol–water partition coefficient (Wildman–Crippen LogP) is 5.63. The molecule has 0 bridgehead atoms. The molecule has 2 aromatic carbocycles. The molecule has 5 heteroatoms. The van der Waals surface area contributed by atoms with Gasteiger partial charge in [0.25, 0.3) is 5.91 Å². The number of ketones is 1. The minimum atomic E-state index is -0.464. The maximum Gasteiger partial charge on any atom is 0.254 e. The molecule has 2 aliphatic rings. The van der Waals surface area contributed by atoms with Crippen molar-refractivity contribution in [2.45, 2.75) is 52.9 Å². The number of hydrogen-bond donors (Lipinski definition) is 2. The molecule has 4 rings (SSSR count).